The number of alkyl halides is 1. The van der Waals surface area contributed by atoms with Gasteiger partial charge in [-0.2, -0.15) is 5.26 Å². The molecule has 1 aromatic carbocycles. The van der Waals surface area contributed by atoms with Crippen LogP contribution in [0.25, 0.3) is 0 Å². The second kappa shape index (κ2) is 4.86. The molecule has 0 aromatic heterocycles. The molecule has 2 aliphatic heterocycles. The second-order valence-corrected chi connectivity index (χ2v) is 5.98. The van der Waals surface area contributed by atoms with Crippen LogP contribution >= 0.6 is 11.6 Å². The van der Waals surface area contributed by atoms with Crippen molar-refractivity contribution in [2.75, 3.05) is 0 Å². The zero-order chi connectivity index (χ0) is 13.4. The van der Waals surface area contributed by atoms with Crippen LogP contribution in [0.2, 0.25) is 0 Å². The van der Waals surface area contributed by atoms with E-state index in [4.69, 9.17) is 16.9 Å². The molecule has 1 aromatic rings. The van der Waals surface area contributed by atoms with Crippen molar-refractivity contribution in [3.63, 3.8) is 0 Å². The van der Waals surface area contributed by atoms with Gasteiger partial charge >= 0.3 is 0 Å². The minimum Gasteiger partial charge on any atom is -0.333 e. The molecule has 1 amide bonds. The number of carbonyl (C=O) groups is 1. The first-order valence-corrected chi connectivity index (χ1v) is 7.09. The fraction of sp³-hybridized carbons (Fsp3) is 0.467. The van der Waals surface area contributed by atoms with Crippen LogP contribution in [-0.4, -0.2) is 28.3 Å². The summed E-state index contributed by atoms with van der Waals surface area (Å²) < 4.78 is 0. The van der Waals surface area contributed by atoms with E-state index >= 15 is 0 Å². The molecule has 0 radical (unpaired) electrons. The van der Waals surface area contributed by atoms with Crippen LogP contribution in [-0.2, 0) is 0 Å². The lowest BCUT2D eigenvalue weighted by Gasteiger charge is -2.37. The van der Waals surface area contributed by atoms with Gasteiger partial charge < -0.3 is 4.90 Å². The van der Waals surface area contributed by atoms with Crippen LogP contribution in [0, 0.1) is 11.3 Å². The Kier molecular flexibility index (Phi) is 3.20. The lowest BCUT2D eigenvalue weighted by atomic mass is 10.0. The number of piperidine rings is 1. The van der Waals surface area contributed by atoms with Crippen molar-refractivity contribution in [1.29, 1.82) is 5.26 Å². The largest absolute Gasteiger partial charge is 0.333 e. The topological polar surface area (TPSA) is 44.1 Å². The molecule has 3 rings (SSSR count). The zero-order valence-electron chi connectivity index (χ0n) is 10.6. The van der Waals surface area contributed by atoms with E-state index in [9.17, 15) is 4.79 Å². The van der Waals surface area contributed by atoms with Crippen molar-refractivity contribution >= 4 is 17.5 Å². The minimum absolute atomic E-state index is 0.0492. The summed E-state index contributed by atoms with van der Waals surface area (Å²) >= 11 is 6.23. The Morgan fingerprint density at radius 2 is 2.00 bits per heavy atom. The number of carbonyl (C=O) groups excluding carboxylic acids is 1. The summed E-state index contributed by atoms with van der Waals surface area (Å²) in [5, 5.41) is 9.11. The van der Waals surface area contributed by atoms with Gasteiger partial charge in [0.05, 0.1) is 11.6 Å². The molecule has 3 nitrogen and oxygen atoms in total. The average Bonchev–Trinajstić information content (AvgIpc) is 2.70. The normalized spacial score (nSPS) is 29.1. The van der Waals surface area contributed by atoms with Crippen molar-refractivity contribution in [3.8, 4) is 6.07 Å². The fourth-order valence-corrected chi connectivity index (χ4v) is 3.72. The summed E-state index contributed by atoms with van der Waals surface area (Å²) in [5.74, 6) is 0.0492. The molecule has 0 saturated carbocycles. The number of halogens is 1. The first-order chi connectivity index (χ1) is 9.19. The Morgan fingerprint density at radius 1 is 1.32 bits per heavy atom. The van der Waals surface area contributed by atoms with Gasteiger partial charge in [0.15, 0.2) is 0 Å². The molecular weight excluding hydrogens is 260 g/mol. The Morgan fingerprint density at radius 3 is 2.63 bits per heavy atom. The van der Waals surface area contributed by atoms with Crippen LogP contribution < -0.4 is 0 Å². The Balaban J connectivity index is 1.87. The summed E-state index contributed by atoms with van der Waals surface area (Å²) in [6.07, 6.45) is 3.89. The summed E-state index contributed by atoms with van der Waals surface area (Å²) in [5.41, 5.74) is 1.15. The van der Waals surface area contributed by atoms with Gasteiger partial charge in [0.2, 0.25) is 0 Å². The van der Waals surface area contributed by atoms with E-state index in [1.165, 1.54) is 0 Å². The van der Waals surface area contributed by atoms with E-state index in [-0.39, 0.29) is 23.4 Å². The number of amides is 1. The van der Waals surface area contributed by atoms with Crippen molar-refractivity contribution in [2.45, 2.75) is 43.1 Å². The van der Waals surface area contributed by atoms with Gasteiger partial charge in [0.25, 0.3) is 5.91 Å². The third kappa shape index (κ3) is 2.21. The van der Waals surface area contributed by atoms with Crippen molar-refractivity contribution in [1.82, 2.24) is 4.90 Å². The lowest BCUT2D eigenvalue weighted by molar-refractivity contribution is 0.0599. The first kappa shape index (κ1) is 12.5. The molecule has 4 heteroatoms. The number of hydrogen-bond donors (Lipinski definition) is 0. The molecule has 19 heavy (non-hydrogen) atoms. The van der Waals surface area contributed by atoms with Crippen LogP contribution in [0.5, 0.6) is 0 Å². The molecule has 2 atom stereocenters. The third-order valence-corrected chi connectivity index (χ3v) is 4.51. The van der Waals surface area contributed by atoms with Crippen LogP contribution in [0.15, 0.2) is 24.3 Å². The van der Waals surface area contributed by atoms with Crippen molar-refractivity contribution in [3.05, 3.63) is 35.4 Å². The highest BCUT2D eigenvalue weighted by molar-refractivity contribution is 6.20. The summed E-state index contributed by atoms with van der Waals surface area (Å²) in [6, 6.07) is 9.58. The standard InChI is InChI=1S/C15H15ClN2O/c16-12-7-13-4-5-14(8-12)18(13)15(19)11-3-1-2-10(6-11)9-17/h1-3,6,12-14H,4-5,7-8H2. The van der Waals surface area contributed by atoms with E-state index in [1.807, 2.05) is 4.90 Å². The van der Waals surface area contributed by atoms with Crippen molar-refractivity contribution < 1.29 is 4.79 Å². The molecule has 98 valence electrons. The molecule has 2 unspecified atom stereocenters. The smallest absolute Gasteiger partial charge is 0.254 e. The number of nitriles is 1. The average molecular weight is 275 g/mol. The Hall–Kier alpha value is -1.53. The van der Waals surface area contributed by atoms with E-state index in [1.54, 1.807) is 24.3 Å². The molecule has 2 heterocycles. The fourth-order valence-electron chi connectivity index (χ4n) is 3.31. The summed E-state index contributed by atoms with van der Waals surface area (Å²) in [6.45, 7) is 0. The molecule has 0 aliphatic carbocycles. The second-order valence-electron chi connectivity index (χ2n) is 5.36. The zero-order valence-corrected chi connectivity index (χ0v) is 11.3. The van der Waals surface area contributed by atoms with E-state index in [0.29, 0.717) is 11.1 Å². The first-order valence-electron chi connectivity index (χ1n) is 6.66. The van der Waals surface area contributed by atoms with E-state index in [2.05, 4.69) is 6.07 Å². The highest BCUT2D eigenvalue weighted by atomic mass is 35.5. The summed E-state index contributed by atoms with van der Waals surface area (Å²) in [7, 11) is 0. The molecule has 2 saturated heterocycles. The van der Waals surface area contributed by atoms with Crippen LogP contribution in [0.4, 0.5) is 0 Å². The monoisotopic (exact) mass is 274 g/mol. The van der Waals surface area contributed by atoms with Gasteiger partial charge in [-0.3, -0.25) is 4.79 Å². The summed E-state index contributed by atoms with van der Waals surface area (Å²) in [4.78, 5) is 14.6. The molecule has 2 aliphatic rings. The SMILES string of the molecule is N#Cc1cccc(C(=O)N2C3CCC2CC(Cl)C3)c1. The van der Waals surface area contributed by atoms with Gasteiger partial charge in [-0.05, 0) is 43.9 Å². The van der Waals surface area contributed by atoms with E-state index in [0.717, 1.165) is 25.7 Å². The van der Waals surface area contributed by atoms with Gasteiger partial charge in [-0.1, -0.05) is 6.07 Å². The molecule has 2 bridgehead atoms. The van der Waals surface area contributed by atoms with Gasteiger partial charge in [0.1, 0.15) is 0 Å². The van der Waals surface area contributed by atoms with Crippen LogP contribution in [0.1, 0.15) is 41.6 Å². The predicted molar refractivity (Wildman–Crippen MR) is 73.0 cm³/mol. The van der Waals surface area contributed by atoms with Crippen molar-refractivity contribution in [2.24, 2.45) is 0 Å². The number of nitrogens with zero attached hydrogens (tertiary/aromatic N) is 2. The number of hydrogen-bond acceptors (Lipinski definition) is 2. The van der Waals surface area contributed by atoms with Gasteiger partial charge in [0, 0.05) is 23.0 Å². The third-order valence-electron chi connectivity index (χ3n) is 4.15. The predicted octanol–water partition coefficient (Wildman–Crippen LogP) is 2.93. The number of benzene rings is 1. The highest BCUT2D eigenvalue weighted by Crippen LogP contribution is 2.38. The minimum atomic E-state index is 0.0492. The van der Waals surface area contributed by atoms with Crippen LogP contribution in [0.3, 0.4) is 0 Å². The molecule has 0 N–H and O–H groups in total. The maximum Gasteiger partial charge on any atom is 0.254 e. The quantitative estimate of drug-likeness (QED) is 0.739. The van der Waals surface area contributed by atoms with E-state index < -0.39 is 0 Å². The number of rotatable bonds is 1. The number of fused-ring (bicyclic) bond motifs is 2. The molecule has 2 fully saturated rings. The molecular formula is C15H15ClN2O. The van der Waals surface area contributed by atoms with Gasteiger partial charge in [-0.25, -0.2) is 0 Å². The Labute approximate surface area is 117 Å². The molecule has 0 spiro atoms. The Bertz CT molecular complexity index is 537. The lowest BCUT2D eigenvalue weighted by Crippen LogP contribution is -2.46. The maximum atomic E-state index is 12.6. The van der Waals surface area contributed by atoms with Gasteiger partial charge in [-0.15, -0.1) is 11.6 Å². The highest BCUT2D eigenvalue weighted by Gasteiger charge is 2.42. The maximum absolute atomic E-state index is 12.6.